The van der Waals surface area contributed by atoms with Crippen LogP contribution in [-0.2, 0) is 9.53 Å². The summed E-state index contributed by atoms with van der Waals surface area (Å²) in [4.78, 5) is 27.6. The summed E-state index contributed by atoms with van der Waals surface area (Å²) in [6.45, 7) is 15.2. The van der Waals surface area contributed by atoms with Gasteiger partial charge in [0.05, 0.1) is 5.41 Å². The van der Waals surface area contributed by atoms with Crippen molar-refractivity contribution in [2.24, 2.45) is 17.3 Å². The number of amides is 1. The van der Waals surface area contributed by atoms with E-state index in [1.54, 1.807) is 0 Å². The van der Waals surface area contributed by atoms with Crippen molar-refractivity contribution in [3.05, 3.63) is 0 Å². The minimum Gasteiger partial charge on any atom is -0.481 e. The number of carboxylic acid groups (broad SMARTS) is 1. The number of carbonyl (C=O) groups is 2. The molecule has 6 heteroatoms. The molecule has 1 amide bonds. The maximum atomic E-state index is 12.1. The van der Waals surface area contributed by atoms with Crippen molar-refractivity contribution in [3.63, 3.8) is 0 Å². The van der Waals surface area contributed by atoms with E-state index in [2.05, 4.69) is 4.90 Å². The number of ether oxygens (including phenoxy) is 1. The molecule has 0 aromatic rings. The fourth-order valence-electron chi connectivity index (χ4n) is 4.22. The highest BCUT2D eigenvalue weighted by Crippen LogP contribution is 2.46. The van der Waals surface area contributed by atoms with Crippen LogP contribution in [0.15, 0.2) is 0 Å². The second-order valence-electron chi connectivity index (χ2n) is 9.12. The number of hydrogen-bond acceptors (Lipinski definition) is 4. The van der Waals surface area contributed by atoms with Crippen molar-refractivity contribution in [3.8, 4) is 0 Å². The fraction of sp³-hybridized carbons (Fsp3) is 0.900. The van der Waals surface area contributed by atoms with Gasteiger partial charge < -0.3 is 14.7 Å². The lowest BCUT2D eigenvalue weighted by molar-refractivity contribution is -0.160. The minimum atomic E-state index is -0.667. The number of carbonyl (C=O) groups excluding carboxylic acids is 1. The molecule has 2 aliphatic heterocycles. The summed E-state index contributed by atoms with van der Waals surface area (Å²) in [6.07, 6.45) is 2.39. The molecule has 1 aliphatic carbocycles. The zero-order valence-corrected chi connectivity index (χ0v) is 17.2. The number of nitrogens with zero attached hydrogens (tertiary/aromatic N) is 2. The summed E-state index contributed by atoms with van der Waals surface area (Å²) < 4.78 is 5.45. The molecule has 3 aliphatic rings. The standard InChI is InChI=1S/C18H30N2O4.C2H6/c1-17(2,3)24-16(23)19-6-5-12(9-19)13-10-20(11-13)14-7-18(4,8-14)15(21)22;1-2/h12-14H,5-11H2,1-4H3,(H,21,22);1-2H3. The molecule has 2 heterocycles. The third kappa shape index (κ3) is 4.51. The van der Waals surface area contributed by atoms with Gasteiger partial charge in [0.2, 0.25) is 0 Å². The van der Waals surface area contributed by atoms with E-state index in [0.717, 1.165) is 45.4 Å². The molecule has 2 saturated heterocycles. The zero-order valence-electron chi connectivity index (χ0n) is 17.2. The molecule has 1 saturated carbocycles. The van der Waals surface area contributed by atoms with Crippen LogP contribution in [0.2, 0.25) is 0 Å². The monoisotopic (exact) mass is 368 g/mol. The quantitative estimate of drug-likeness (QED) is 0.826. The maximum absolute atomic E-state index is 12.1. The number of hydrogen-bond donors (Lipinski definition) is 1. The Hall–Kier alpha value is -1.30. The Morgan fingerprint density at radius 2 is 1.65 bits per heavy atom. The molecule has 0 aromatic carbocycles. The van der Waals surface area contributed by atoms with Gasteiger partial charge in [0.1, 0.15) is 5.60 Å². The van der Waals surface area contributed by atoms with Gasteiger partial charge in [-0.3, -0.25) is 9.69 Å². The highest BCUT2D eigenvalue weighted by molar-refractivity contribution is 5.75. The average molecular weight is 369 g/mol. The summed E-state index contributed by atoms with van der Waals surface area (Å²) in [7, 11) is 0. The highest BCUT2D eigenvalue weighted by Gasteiger charge is 2.51. The zero-order chi connectivity index (χ0) is 19.7. The molecule has 3 rings (SSSR count). The van der Waals surface area contributed by atoms with Crippen molar-refractivity contribution < 1.29 is 19.4 Å². The Labute approximate surface area is 157 Å². The van der Waals surface area contributed by atoms with E-state index in [1.165, 1.54) is 0 Å². The first-order valence-corrected chi connectivity index (χ1v) is 10.0. The Balaban J connectivity index is 0.00000117. The van der Waals surface area contributed by atoms with Crippen molar-refractivity contribution in [2.45, 2.75) is 72.4 Å². The van der Waals surface area contributed by atoms with Crippen LogP contribution in [-0.4, -0.2) is 64.8 Å². The molecule has 0 radical (unpaired) electrons. The van der Waals surface area contributed by atoms with Crippen LogP contribution >= 0.6 is 0 Å². The summed E-state index contributed by atoms with van der Waals surface area (Å²) in [6, 6.07) is 0.436. The predicted molar refractivity (Wildman–Crippen MR) is 101 cm³/mol. The smallest absolute Gasteiger partial charge is 0.410 e. The van der Waals surface area contributed by atoms with Crippen LogP contribution in [0.3, 0.4) is 0 Å². The Morgan fingerprint density at radius 3 is 2.15 bits per heavy atom. The summed E-state index contributed by atoms with van der Waals surface area (Å²) in [5.74, 6) is 0.522. The van der Waals surface area contributed by atoms with Crippen molar-refractivity contribution in [1.82, 2.24) is 9.80 Å². The molecule has 1 atom stereocenters. The molecule has 1 N–H and O–H groups in total. The lowest BCUT2D eigenvalue weighted by atomic mass is 9.65. The van der Waals surface area contributed by atoms with Crippen LogP contribution in [0.5, 0.6) is 0 Å². The largest absolute Gasteiger partial charge is 0.481 e. The molecule has 0 spiro atoms. The molecular formula is C20H36N2O4. The number of carboxylic acids is 1. The van der Waals surface area contributed by atoms with E-state index in [4.69, 9.17) is 4.74 Å². The predicted octanol–water partition coefficient (Wildman–Crippen LogP) is 3.45. The van der Waals surface area contributed by atoms with E-state index in [-0.39, 0.29) is 6.09 Å². The minimum absolute atomic E-state index is 0.197. The van der Waals surface area contributed by atoms with E-state index < -0.39 is 17.0 Å². The van der Waals surface area contributed by atoms with Crippen LogP contribution in [0.1, 0.15) is 60.8 Å². The normalized spacial score (nSPS) is 32.2. The average Bonchev–Trinajstić information content (AvgIpc) is 2.93. The summed E-state index contributed by atoms with van der Waals surface area (Å²) >= 11 is 0. The maximum Gasteiger partial charge on any atom is 0.410 e. The lowest BCUT2D eigenvalue weighted by Crippen LogP contribution is -2.61. The number of aliphatic carboxylic acids is 1. The first-order chi connectivity index (χ1) is 12.1. The second kappa shape index (κ2) is 7.75. The van der Waals surface area contributed by atoms with Crippen molar-refractivity contribution in [1.29, 1.82) is 0 Å². The van der Waals surface area contributed by atoms with Crippen LogP contribution in [0, 0.1) is 17.3 Å². The third-order valence-electron chi connectivity index (χ3n) is 5.89. The van der Waals surface area contributed by atoms with Gasteiger partial charge >= 0.3 is 12.1 Å². The van der Waals surface area contributed by atoms with Crippen LogP contribution < -0.4 is 0 Å². The van der Waals surface area contributed by atoms with E-state index >= 15 is 0 Å². The first-order valence-electron chi connectivity index (χ1n) is 10.0. The molecule has 150 valence electrons. The Morgan fingerprint density at radius 1 is 1.08 bits per heavy atom. The lowest BCUT2D eigenvalue weighted by Gasteiger charge is -2.54. The van der Waals surface area contributed by atoms with Gasteiger partial charge in [-0.1, -0.05) is 13.8 Å². The van der Waals surface area contributed by atoms with Gasteiger partial charge in [0, 0.05) is 32.2 Å². The molecule has 1 unspecified atom stereocenters. The first kappa shape index (κ1) is 21.0. The SMILES string of the molecule is CC.CC(C)(C)OC(=O)N1CCC(C2CN(C3CC(C)(C(=O)O)C3)C2)C1. The molecule has 3 fully saturated rings. The van der Waals surface area contributed by atoms with Crippen LogP contribution in [0.25, 0.3) is 0 Å². The van der Waals surface area contributed by atoms with Gasteiger partial charge in [-0.25, -0.2) is 4.79 Å². The topological polar surface area (TPSA) is 70.1 Å². The van der Waals surface area contributed by atoms with Gasteiger partial charge in [-0.2, -0.15) is 0 Å². The molecular weight excluding hydrogens is 332 g/mol. The Bertz CT molecular complexity index is 516. The summed E-state index contributed by atoms with van der Waals surface area (Å²) in [5, 5.41) is 9.20. The molecule has 0 aromatic heterocycles. The fourth-order valence-corrected chi connectivity index (χ4v) is 4.22. The Kier molecular flexibility index (Phi) is 6.26. The van der Waals surface area contributed by atoms with E-state index in [0.29, 0.717) is 17.9 Å². The van der Waals surface area contributed by atoms with Crippen molar-refractivity contribution >= 4 is 12.1 Å². The van der Waals surface area contributed by atoms with Crippen molar-refractivity contribution in [2.75, 3.05) is 26.2 Å². The number of likely N-dealkylation sites (tertiary alicyclic amines) is 2. The third-order valence-corrected chi connectivity index (χ3v) is 5.89. The van der Waals surface area contributed by atoms with E-state index in [9.17, 15) is 14.7 Å². The van der Waals surface area contributed by atoms with E-state index in [1.807, 2.05) is 46.4 Å². The highest BCUT2D eigenvalue weighted by atomic mass is 16.6. The van der Waals surface area contributed by atoms with Gasteiger partial charge in [-0.15, -0.1) is 0 Å². The molecule has 6 nitrogen and oxygen atoms in total. The second-order valence-corrected chi connectivity index (χ2v) is 9.12. The molecule has 26 heavy (non-hydrogen) atoms. The van der Waals surface area contributed by atoms with Crippen LogP contribution in [0.4, 0.5) is 4.79 Å². The number of rotatable bonds is 3. The van der Waals surface area contributed by atoms with Gasteiger partial charge in [0.25, 0.3) is 0 Å². The van der Waals surface area contributed by atoms with Gasteiger partial charge in [0.15, 0.2) is 0 Å². The molecule has 0 bridgehead atoms. The summed E-state index contributed by atoms with van der Waals surface area (Å²) in [5.41, 5.74) is -0.958. The van der Waals surface area contributed by atoms with Gasteiger partial charge in [-0.05, 0) is 58.8 Å².